The molecule has 1 aliphatic carbocycles. The summed E-state index contributed by atoms with van der Waals surface area (Å²) in [5.74, 6) is 2.79. The van der Waals surface area contributed by atoms with Crippen molar-refractivity contribution in [2.24, 2.45) is 17.8 Å². The van der Waals surface area contributed by atoms with Gasteiger partial charge < -0.3 is 13.2 Å². The van der Waals surface area contributed by atoms with Crippen LogP contribution in [-0.4, -0.2) is 4.40 Å². The lowest BCUT2D eigenvalue weighted by molar-refractivity contribution is 0.176. The minimum absolute atomic E-state index is 0.569. The first-order chi connectivity index (χ1) is 20.6. The van der Waals surface area contributed by atoms with Crippen LogP contribution >= 0.6 is 0 Å². The molecule has 1 fully saturated rings. The van der Waals surface area contributed by atoms with Crippen LogP contribution < -0.4 is 0 Å². The molecule has 0 N–H and O–H groups in total. The van der Waals surface area contributed by atoms with Crippen LogP contribution in [0.3, 0.4) is 0 Å². The lowest BCUT2D eigenvalue weighted by Gasteiger charge is -2.37. The Hall–Kier alpha value is -4.50. The van der Waals surface area contributed by atoms with E-state index in [2.05, 4.69) is 110 Å². The Morgan fingerprint density at radius 3 is 1.52 bits per heavy atom. The van der Waals surface area contributed by atoms with Crippen LogP contribution in [0.4, 0.5) is 0 Å². The molecule has 3 nitrogen and oxygen atoms in total. The van der Waals surface area contributed by atoms with Gasteiger partial charge in [-0.05, 0) is 78.5 Å². The van der Waals surface area contributed by atoms with E-state index in [9.17, 15) is 0 Å². The lowest BCUT2D eigenvalue weighted by Crippen LogP contribution is -2.26. The van der Waals surface area contributed by atoms with Gasteiger partial charge in [-0.2, -0.15) is 0 Å². The molecule has 1 saturated carbocycles. The van der Waals surface area contributed by atoms with Gasteiger partial charge in [0.25, 0.3) is 0 Å². The zero-order chi connectivity index (χ0) is 27.9. The second kappa shape index (κ2) is 7.86. The molecule has 4 heterocycles. The van der Waals surface area contributed by atoms with Crippen molar-refractivity contribution in [2.45, 2.75) is 39.5 Å². The van der Waals surface area contributed by atoms with Crippen LogP contribution in [0, 0.1) is 17.8 Å². The maximum atomic E-state index is 6.68. The zero-order valence-corrected chi connectivity index (χ0v) is 24.1. The Kier molecular flexibility index (Phi) is 4.32. The molecule has 2 atom stereocenters. The molecule has 1 aliphatic rings. The smallest absolute Gasteiger partial charge is 0.160 e. The standard InChI is InChI=1S/C39H31NO2/c1-20-16-23(17-21(2)22(20)3)24-18-31-27-12-14-29-25-8-4-6-10-33(25)41-38(29)36(27)40-35(31)32(19-24)28-13-15-30-26-9-5-7-11-34(26)42-39(30)37(28)40/h4-15,18-23H,16-17H2,1-3H3. The summed E-state index contributed by atoms with van der Waals surface area (Å²) >= 11 is 0. The molecule has 0 bridgehead atoms. The van der Waals surface area contributed by atoms with E-state index in [-0.39, 0.29) is 0 Å². The van der Waals surface area contributed by atoms with Crippen molar-refractivity contribution < 1.29 is 8.83 Å². The van der Waals surface area contributed by atoms with E-state index in [1.165, 1.54) is 45.5 Å². The van der Waals surface area contributed by atoms with Gasteiger partial charge >= 0.3 is 0 Å². The van der Waals surface area contributed by atoms with Gasteiger partial charge in [-0.25, -0.2) is 0 Å². The van der Waals surface area contributed by atoms with Gasteiger partial charge in [0.15, 0.2) is 11.2 Å². The van der Waals surface area contributed by atoms with E-state index < -0.39 is 0 Å². The molecule has 0 saturated heterocycles. The number of para-hydroxylation sites is 2. The van der Waals surface area contributed by atoms with Gasteiger partial charge in [0, 0.05) is 43.1 Å². The molecule has 9 aromatic rings. The first-order valence-corrected chi connectivity index (χ1v) is 15.4. The third-order valence-corrected chi connectivity index (χ3v) is 11.0. The summed E-state index contributed by atoms with van der Waals surface area (Å²) < 4.78 is 15.8. The number of aromatic nitrogens is 1. The van der Waals surface area contributed by atoms with Crippen LogP contribution in [-0.2, 0) is 0 Å². The Labute approximate surface area is 242 Å². The van der Waals surface area contributed by atoms with Crippen LogP contribution in [0.2, 0.25) is 0 Å². The second-order valence-electron chi connectivity index (χ2n) is 13.2. The van der Waals surface area contributed by atoms with Gasteiger partial charge in [0.05, 0.1) is 16.6 Å². The first kappa shape index (κ1) is 23.1. The summed E-state index contributed by atoms with van der Waals surface area (Å²) in [4.78, 5) is 0. The number of hydrogen-bond donors (Lipinski definition) is 0. The van der Waals surface area contributed by atoms with Gasteiger partial charge in [-0.3, -0.25) is 0 Å². The normalized spacial score (nSPS) is 22.0. The van der Waals surface area contributed by atoms with Crippen molar-refractivity contribution in [2.75, 3.05) is 0 Å². The topological polar surface area (TPSA) is 30.7 Å². The largest absolute Gasteiger partial charge is 0.454 e. The van der Waals surface area contributed by atoms with Crippen LogP contribution in [0.5, 0.6) is 0 Å². The van der Waals surface area contributed by atoms with E-state index in [1.807, 2.05) is 0 Å². The van der Waals surface area contributed by atoms with Gasteiger partial charge in [-0.15, -0.1) is 0 Å². The quantitative estimate of drug-likeness (QED) is 0.205. The van der Waals surface area contributed by atoms with E-state index in [0.717, 1.165) is 72.7 Å². The molecule has 10 rings (SSSR count). The number of hydrogen-bond acceptors (Lipinski definition) is 2. The van der Waals surface area contributed by atoms with E-state index in [4.69, 9.17) is 8.83 Å². The average Bonchev–Trinajstić information content (AvgIpc) is 3.75. The summed E-state index contributed by atoms with van der Waals surface area (Å²) in [6, 6.07) is 31.0. The zero-order valence-electron chi connectivity index (χ0n) is 24.1. The van der Waals surface area contributed by atoms with Gasteiger partial charge in [0.2, 0.25) is 0 Å². The minimum Gasteiger partial charge on any atom is -0.454 e. The Morgan fingerprint density at radius 1 is 0.524 bits per heavy atom. The highest BCUT2D eigenvalue weighted by molar-refractivity contribution is 6.31. The predicted octanol–water partition coefficient (Wildman–Crippen LogP) is 11.4. The Balaban J connectivity index is 1.42. The first-order valence-electron chi connectivity index (χ1n) is 15.4. The van der Waals surface area contributed by atoms with Crippen LogP contribution in [0.1, 0.15) is 45.1 Å². The van der Waals surface area contributed by atoms with Gasteiger partial charge in [0.1, 0.15) is 11.2 Å². The van der Waals surface area contributed by atoms with Crippen molar-refractivity contribution in [3.63, 3.8) is 0 Å². The number of fused-ring (bicyclic) bond motifs is 14. The Morgan fingerprint density at radius 2 is 1.00 bits per heavy atom. The second-order valence-corrected chi connectivity index (χ2v) is 13.2. The average molecular weight is 546 g/mol. The fraction of sp³-hybridized carbons (Fsp3) is 0.231. The molecular weight excluding hydrogens is 514 g/mol. The molecule has 0 aliphatic heterocycles. The van der Waals surface area contributed by atoms with Crippen molar-refractivity contribution in [1.82, 2.24) is 4.40 Å². The maximum absolute atomic E-state index is 6.68. The molecule has 42 heavy (non-hydrogen) atoms. The molecule has 204 valence electrons. The fourth-order valence-corrected chi connectivity index (χ4v) is 8.56. The monoisotopic (exact) mass is 545 g/mol. The Bertz CT molecular complexity index is 2370. The van der Waals surface area contributed by atoms with Crippen molar-refractivity contribution >= 4 is 82.0 Å². The van der Waals surface area contributed by atoms with E-state index in [1.54, 1.807) is 0 Å². The van der Waals surface area contributed by atoms with E-state index >= 15 is 0 Å². The maximum Gasteiger partial charge on any atom is 0.160 e. The number of benzene rings is 5. The summed E-state index contributed by atoms with van der Waals surface area (Å²) in [7, 11) is 0. The summed E-state index contributed by atoms with van der Waals surface area (Å²) in [6.07, 6.45) is 2.50. The molecule has 0 radical (unpaired) electrons. The van der Waals surface area contributed by atoms with Crippen LogP contribution in [0.15, 0.2) is 93.8 Å². The molecule has 2 unspecified atom stereocenters. The highest BCUT2D eigenvalue weighted by atomic mass is 16.3. The van der Waals surface area contributed by atoms with Crippen LogP contribution in [0.25, 0.3) is 82.0 Å². The molecule has 4 aromatic heterocycles. The lowest BCUT2D eigenvalue weighted by atomic mass is 9.68. The van der Waals surface area contributed by atoms with Crippen molar-refractivity contribution in [1.29, 1.82) is 0 Å². The molecule has 0 spiro atoms. The van der Waals surface area contributed by atoms with E-state index in [0.29, 0.717) is 5.92 Å². The molecular formula is C39H31NO2. The third-order valence-electron chi connectivity index (χ3n) is 11.0. The molecule has 5 aromatic carbocycles. The number of furan rings is 2. The highest BCUT2D eigenvalue weighted by Gasteiger charge is 2.32. The SMILES string of the molecule is CC1CC(c2cc3c4ccc5c6ccccc6oc5c4n4c3c(c2)c2ccc3c5ccccc5oc3c24)CC(C)C1C. The minimum atomic E-state index is 0.569. The molecule has 0 amide bonds. The van der Waals surface area contributed by atoms with Crippen molar-refractivity contribution in [3.8, 4) is 0 Å². The third kappa shape index (κ3) is 2.77. The van der Waals surface area contributed by atoms with Gasteiger partial charge in [-0.1, -0.05) is 69.3 Å². The summed E-state index contributed by atoms with van der Waals surface area (Å²) in [5.41, 5.74) is 8.79. The number of rotatable bonds is 1. The summed E-state index contributed by atoms with van der Waals surface area (Å²) in [6.45, 7) is 7.33. The van der Waals surface area contributed by atoms with Crippen molar-refractivity contribution in [3.05, 3.63) is 90.5 Å². The summed E-state index contributed by atoms with van der Waals surface area (Å²) in [5, 5.41) is 9.78. The number of nitrogens with zero attached hydrogens (tertiary/aromatic N) is 1. The fourth-order valence-electron chi connectivity index (χ4n) is 8.56. The highest BCUT2D eigenvalue weighted by Crippen LogP contribution is 2.49. The predicted molar refractivity (Wildman–Crippen MR) is 175 cm³/mol. The molecule has 3 heteroatoms.